The first kappa shape index (κ1) is 15.6. The third-order valence-electron chi connectivity index (χ3n) is 4.20. The van der Waals surface area contributed by atoms with Gasteiger partial charge in [0.25, 0.3) is 11.8 Å². The summed E-state index contributed by atoms with van der Waals surface area (Å²) in [5.41, 5.74) is 0.217. The minimum absolute atomic E-state index is 0.0487. The molecule has 0 bridgehead atoms. The Morgan fingerprint density at radius 1 is 1.22 bits per heavy atom. The minimum Gasteiger partial charge on any atom is -0.481 e. The molecule has 1 atom stereocenters. The average Bonchev–Trinajstić information content (AvgIpc) is 3.09. The number of hydrogen-bond acceptors (Lipinski definition) is 5. The Morgan fingerprint density at radius 2 is 1.87 bits per heavy atom. The van der Waals surface area contributed by atoms with E-state index in [-0.39, 0.29) is 35.5 Å². The second-order valence-electron chi connectivity index (χ2n) is 5.56. The molecule has 8 nitrogen and oxygen atoms in total. The fourth-order valence-corrected chi connectivity index (χ4v) is 4.32. The Labute approximate surface area is 132 Å². The van der Waals surface area contributed by atoms with Crippen LogP contribution in [-0.2, 0) is 14.8 Å². The van der Waals surface area contributed by atoms with Gasteiger partial charge in [0.15, 0.2) is 0 Å². The topological polar surface area (TPSA) is 112 Å². The lowest BCUT2D eigenvalue weighted by Crippen LogP contribution is -2.30. The number of carboxylic acid groups (broad SMARTS) is 1. The first-order chi connectivity index (χ1) is 10.7. The van der Waals surface area contributed by atoms with Crippen LogP contribution in [0.2, 0.25) is 0 Å². The molecular weight excluding hydrogens is 324 g/mol. The highest BCUT2D eigenvalue weighted by Gasteiger charge is 2.38. The molecule has 1 fully saturated rings. The van der Waals surface area contributed by atoms with Crippen molar-refractivity contribution in [1.82, 2.24) is 9.21 Å². The van der Waals surface area contributed by atoms with Crippen LogP contribution in [0.4, 0.5) is 0 Å². The van der Waals surface area contributed by atoms with Gasteiger partial charge in [0.2, 0.25) is 10.0 Å². The Bertz CT molecular complexity index is 832. The second-order valence-corrected chi connectivity index (χ2v) is 7.50. The molecule has 1 saturated heterocycles. The van der Waals surface area contributed by atoms with Crippen LogP contribution >= 0.6 is 0 Å². The van der Waals surface area contributed by atoms with Gasteiger partial charge in [0.05, 0.1) is 21.9 Å². The highest BCUT2D eigenvalue weighted by molar-refractivity contribution is 7.89. The van der Waals surface area contributed by atoms with Crippen molar-refractivity contribution in [2.45, 2.75) is 11.3 Å². The number of carbonyl (C=O) groups is 3. The Kier molecular flexibility index (Phi) is 3.49. The minimum atomic E-state index is -3.90. The summed E-state index contributed by atoms with van der Waals surface area (Å²) in [6.07, 6.45) is 0.250. The molecule has 0 aliphatic carbocycles. The van der Waals surface area contributed by atoms with Crippen molar-refractivity contribution in [3.8, 4) is 0 Å². The van der Waals surface area contributed by atoms with Gasteiger partial charge in [0, 0.05) is 20.1 Å². The van der Waals surface area contributed by atoms with E-state index in [0.29, 0.717) is 0 Å². The lowest BCUT2D eigenvalue weighted by Gasteiger charge is -2.16. The van der Waals surface area contributed by atoms with Crippen molar-refractivity contribution >= 4 is 27.8 Å². The van der Waals surface area contributed by atoms with E-state index in [0.717, 1.165) is 9.21 Å². The van der Waals surface area contributed by atoms with Crippen molar-refractivity contribution in [3.63, 3.8) is 0 Å². The van der Waals surface area contributed by atoms with E-state index in [2.05, 4.69) is 0 Å². The first-order valence-corrected chi connectivity index (χ1v) is 8.37. The predicted octanol–water partition coefficient (Wildman–Crippen LogP) is 0.00760. The fraction of sp³-hybridized carbons (Fsp3) is 0.357. The smallest absolute Gasteiger partial charge is 0.307 e. The summed E-state index contributed by atoms with van der Waals surface area (Å²) in [5, 5.41) is 8.98. The summed E-state index contributed by atoms with van der Waals surface area (Å²) in [6, 6.07) is 3.77. The summed E-state index contributed by atoms with van der Waals surface area (Å²) in [6.45, 7) is 0.0185. The van der Waals surface area contributed by atoms with Crippen LogP contribution in [0.25, 0.3) is 0 Å². The normalized spacial score (nSPS) is 21.8. The zero-order chi connectivity index (χ0) is 16.9. The largest absolute Gasteiger partial charge is 0.481 e. The van der Waals surface area contributed by atoms with Crippen LogP contribution in [0.1, 0.15) is 27.1 Å². The maximum absolute atomic E-state index is 12.6. The molecule has 3 rings (SSSR count). The van der Waals surface area contributed by atoms with Gasteiger partial charge in [-0.15, -0.1) is 0 Å². The first-order valence-electron chi connectivity index (χ1n) is 6.93. The van der Waals surface area contributed by atoms with Crippen molar-refractivity contribution in [3.05, 3.63) is 29.3 Å². The third-order valence-corrected chi connectivity index (χ3v) is 6.06. The molecule has 1 aromatic carbocycles. The molecule has 2 heterocycles. The molecule has 1 aromatic rings. The Morgan fingerprint density at radius 3 is 2.48 bits per heavy atom. The maximum Gasteiger partial charge on any atom is 0.307 e. The number of carboxylic acids is 1. The van der Waals surface area contributed by atoms with Gasteiger partial charge >= 0.3 is 5.97 Å². The number of hydrogen-bond donors (Lipinski definition) is 1. The van der Waals surface area contributed by atoms with Crippen molar-refractivity contribution in [2.75, 3.05) is 20.1 Å². The number of imide groups is 1. The summed E-state index contributed by atoms with van der Waals surface area (Å²) in [5.74, 6) is -2.78. The number of benzene rings is 1. The van der Waals surface area contributed by atoms with E-state index in [9.17, 15) is 22.8 Å². The lowest BCUT2D eigenvalue weighted by atomic mass is 10.1. The van der Waals surface area contributed by atoms with Crippen LogP contribution < -0.4 is 0 Å². The highest BCUT2D eigenvalue weighted by Crippen LogP contribution is 2.28. The molecule has 9 heteroatoms. The summed E-state index contributed by atoms with van der Waals surface area (Å²) < 4.78 is 26.3. The molecule has 0 saturated carbocycles. The monoisotopic (exact) mass is 338 g/mol. The van der Waals surface area contributed by atoms with Crippen molar-refractivity contribution in [1.29, 1.82) is 0 Å². The van der Waals surface area contributed by atoms with Crippen LogP contribution in [-0.4, -0.2) is 60.7 Å². The number of aliphatic carboxylic acids is 1. The van der Waals surface area contributed by atoms with Crippen molar-refractivity contribution < 1.29 is 27.9 Å². The number of rotatable bonds is 3. The lowest BCUT2D eigenvalue weighted by molar-refractivity contribution is -0.141. The van der Waals surface area contributed by atoms with Crippen LogP contribution in [0.15, 0.2) is 23.1 Å². The molecule has 0 radical (unpaired) electrons. The van der Waals surface area contributed by atoms with Gasteiger partial charge in [-0.3, -0.25) is 19.3 Å². The van der Waals surface area contributed by atoms with E-state index in [4.69, 9.17) is 5.11 Å². The quantitative estimate of drug-likeness (QED) is 0.777. The van der Waals surface area contributed by atoms with E-state index >= 15 is 0 Å². The van der Waals surface area contributed by atoms with Gasteiger partial charge in [-0.25, -0.2) is 8.42 Å². The molecule has 0 aromatic heterocycles. The standard InChI is InChI=1S/C14H14N2O6S/c1-15-12(17)10-3-2-9(6-11(10)13(15)18)23(21,22)16-5-4-8(7-16)14(19)20/h2-3,6,8H,4-5,7H2,1H3,(H,19,20). The van der Waals surface area contributed by atoms with Gasteiger partial charge in [0.1, 0.15) is 0 Å². The molecular formula is C14H14N2O6S. The molecule has 122 valence electrons. The Balaban J connectivity index is 1.96. The van der Waals surface area contributed by atoms with Crippen LogP contribution in [0.5, 0.6) is 0 Å². The molecule has 1 unspecified atom stereocenters. The zero-order valence-electron chi connectivity index (χ0n) is 12.2. The average molecular weight is 338 g/mol. The number of nitrogens with zero attached hydrogens (tertiary/aromatic N) is 2. The molecule has 2 aliphatic rings. The molecule has 0 spiro atoms. The number of amides is 2. The molecule has 23 heavy (non-hydrogen) atoms. The van der Waals surface area contributed by atoms with E-state index in [1.165, 1.54) is 25.2 Å². The zero-order valence-corrected chi connectivity index (χ0v) is 13.0. The Hall–Kier alpha value is -2.26. The maximum atomic E-state index is 12.6. The van der Waals surface area contributed by atoms with E-state index in [1.807, 2.05) is 0 Å². The number of carbonyl (C=O) groups excluding carboxylic acids is 2. The van der Waals surface area contributed by atoms with Crippen molar-refractivity contribution in [2.24, 2.45) is 5.92 Å². The number of fused-ring (bicyclic) bond motifs is 1. The van der Waals surface area contributed by atoms with Gasteiger partial charge < -0.3 is 5.11 Å². The molecule has 2 amide bonds. The number of sulfonamides is 1. The molecule has 1 N–H and O–H groups in total. The van der Waals surface area contributed by atoms with Gasteiger partial charge in [-0.2, -0.15) is 4.31 Å². The summed E-state index contributed by atoms with van der Waals surface area (Å²) in [7, 11) is -2.57. The fourth-order valence-electron chi connectivity index (χ4n) is 2.80. The van der Waals surface area contributed by atoms with Gasteiger partial charge in [-0.1, -0.05) is 0 Å². The molecule has 2 aliphatic heterocycles. The third kappa shape index (κ3) is 2.32. The summed E-state index contributed by atoms with van der Waals surface area (Å²) in [4.78, 5) is 35.6. The van der Waals surface area contributed by atoms with E-state index in [1.54, 1.807) is 0 Å². The van der Waals surface area contributed by atoms with Crippen LogP contribution in [0.3, 0.4) is 0 Å². The highest BCUT2D eigenvalue weighted by atomic mass is 32.2. The van der Waals surface area contributed by atoms with Crippen LogP contribution in [0, 0.1) is 5.92 Å². The second kappa shape index (κ2) is 5.14. The van der Waals surface area contributed by atoms with E-state index < -0.39 is 33.7 Å². The van der Waals surface area contributed by atoms with Gasteiger partial charge in [-0.05, 0) is 24.6 Å². The SMILES string of the molecule is CN1C(=O)c2ccc(S(=O)(=O)N3CCC(C(=O)O)C3)cc2C1=O. The predicted molar refractivity (Wildman–Crippen MR) is 77.4 cm³/mol. The summed E-state index contributed by atoms with van der Waals surface area (Å²) >= 11 is 0.